The molecule has 0 spiro atoms. The molecule has 0 unspecified atom stereocenters. The summed E-state index contributed by atoms with van der Waals surface area (Å²) in [6.07, 6.45) is 0.753. The number of amides is 1. The molecule has 0 bridgehead atoms. The third-order valence-electron chi connectivity index (χ3n) is 3.38. The minimum absolute atomic E-state index is 0.0822. The first-order valence-electron chi connectivity index (χ1n) is 6.30. The van der Waals surface area contributed by atoms with E-state index in [4.69, 9.17) is 4.74 Å². The predicted octanol–water partition coefficient (Wildman–Crippen LogP) is 1.88. The number of rotatable bonds is 4. The Kier molecular flexibility index (Phi) is 3.12. The lowest BCUT2D eigenvalue weighted by molar-refractivity contribution is 0.0966. The van der Waals surface area contributed by atoms with Gasteiger partial charge in [-0.05, 0) is 29.3 Å². The van der Waals surface area contributed by atoms with Crippen LogP contribution in [0.2, 0.25) is 0 Å². The summed E-state index contributed by atoms with van der Waals surface area (Å²) in [5.41, 5.74) is 4.69. The maximum atomic E-state index is 12.0. The lowest BCUT2D eigenvalue weighted by Crippen LogP contribution is -2.13. The van der Waals surface area contributed by atoms with Crippen LogP contribution in [0.25, 0.3) is 11.3 Å². The number of carbonyl (C=O) groups is 2. The molecule has 1 amide bonds. The molecule has 2 heterocycles. The molecule has 1 aliphatic heterocycles. The Morgan fingerprint density at radius 3 is 2.90 bits per heavy atom. The van der Waals surface area contributed by atoms with Gasteiger partial charge in [-0.1, -0.05) is 6.07 Å². The number of H-pyrrole nitrogens is 1. The molecule has 0 saturated heterocycles. The highest BCUT2D eigenvalue weighted by Crippen LogP contribution is 2.30. The molecule has 20 heavy (non-hydrogen) atoms. The second-order valence-electron chi connectivity index (χ2n) is 4.74. The van der Waals surface area contributed by atoms with Crippen LogP contribution < -0.4 is 5.32 Å². The summed E-state index contributed by atoms with van der Waals surface area (Å²) in [5, 5.41) is 2.82. The van der Waals surface area contributed by atoms with E-state index in [1.165, 1.54) is 0 Å². The summed E-state index contributed by atoms with van der Waals surface area (Å²) in [7, 11) is 1.63. The third kappa shape index (κ3) is 2.02. The van der Waals surface area contributed by atoms with Crippen LogP contribution in [0.5, 0.6) is 0 Å². The van der Waals surface area contributed by atoms with Gasteiger partial charge in [-0.15, -0.1) is 0 Å². The topological polar surface area (TPSA) is 71.2 Å². The average molecular weight is 270 g/mol. The van der Waals surface area contributed by atoms with Crippen LogP contribution in [0.4, 0.5) is 0 Å². The van der Waals surface area contributed by atoms with E-state index in [0.717, 1.165) is 28.7 Å². The number of fused-ring (bicyclic) bond motifs is 1. The zero-order chi connectivity index (χ0) is 14.1. The summed E-state index contributed by atoms with van der Waals surface area (Å²) in [4.78, 5) is 25.8. The van der Waals surface area contributed by atoms with Gasteiger partial charge in [-0.3, -0.25) is 9.59 Å². The summed E-state index contributed by atoms with van der Waals surface area (Å²) in [6, 6.07) is 7.41. The van der Waals surface area contributed by atoms with Crippen LogP contribution in [-0.4, -0.2) is 24.3 Å². The summed E-state index contributed by atoms with van der Waals surface area (Å²) >= 11 is 0. The zero-order valence-corrected chi connectivity index (χ0v) is 11.0. The van der Waals surface area contributed by atoms with E-state index in [1.54, 1.807) is 13.2 Å². The number of hydrogen-bond acceptors (Lipinski definition) is 3. The van der Waals surface area contributed by atoms with E-state index in [-0.39, 0.29) is 5.91 Å². The Morgan fingerprint density at radius 1 is 1.35 bits per heavy atom. The second-order valence-corrected chi connectivity index (χ2v) is 4.74. The van der Waals surface area contributed by atoms with Crippen LogP contribution in [0, 0.1) is 0 Å². The first-order chi connectivity index (χ1) is 9.72. The Balaban J connectivity index is 2.17. The van der Waals surface area contributed by atoms with Crippen LogP contribution in [-0.2, 0) is 17.9 Å². The molecule has 3 rings (SSSR count). The van der Waals surface area contributed by atoms with Gasteiger partial charge >= 0.3 is 0 Å². The molecular formula is C15H14N2O3. The van der Waals surface area contributed by atoms with E-state index < -0.39 is 0 Å². The fourth-order valence-corrected chi connectivity index (χ4v) is 2.54. The maximum absolute atomic E-state index is 12.0. The van der Waals surface area contributed by atoms with Crippen molar-refractivity contribution in [2.24, 2.45) is 0 Å². The van der Waals surface area contributed by atoms with Crippen molar-refractivity contribution in [1.29, 1.82) is 0 Å². The van der Waals surface area contributed by atoms with Crippen LogP contribution in [0.1, 0.15) is 32.0 Å². The Hall–Kier alpha value is -2.40. The molecule has 0 aliphatic carbocycles. The van der Waals surface area contributed by atoms with Crippen molar-refractivity contribution in [1.82, 2.24) is 10.3 Å². The normalized spacial score (nSPS) is 13.2. The molecular weight excluding hydrogens is 256 g/mol. The van der Waals surface area contributed by atoms with Crippen molar-refractivity contribution in [3.63, 3.8) is 0 Å². The van der Waals surface area contributed by atoms with Crippen molar-refractivity contribution >= 4 is 12.2 Å². The minimum atomic E-state index is -0.0822. The highest BCUT2D eigenvalue weighted by molar-refractivity contribution is 6.04. The zero-order valence-electron chi connectivity index (χ0n) is 11.0. The lowest BCUT2D eigenvalue weighted by atomic mass is 9.97. The fourth-order valence-electron chi connectivity index (χ4n) is 2.54. The van der Waals surface area contributed by atoms with Crippen molar-refractivity contribution in [2.45, 2.75) is 13.2 Å². The number of aromatic amines is 1. The highest BCUT2D eigenvalue weighted by atomic mass is 16.5. The molecule has 2 N–H and O–H groups in total. The third-order valence-corrected chi connectivity index (χ3v) is 3.38. The molecule has 1 aliphatic rings. The van der Waals surface area contributed by atoms with E-state index >= 15 is 0 Å². The molecule has 5 heteroatoms. The van der Waals surface area contributed by atoms with Gasteiger partial charge in [0.2, 0.25) is 0 Å². The van der Waals surface area contributed by atoms with E-state index in [0.29, 0.717) is 24.4 Å². The van der Waals surface area contributed by atoms with Crippen molar-refractivity contribution in [3.05, 3.63) is 46.6 Å². The smallest absolute Gasteiger partial charge is 0.252 e. The summed E-state index contributed by atoms with van der Waals surface area (Å²) in [5.74, 6) is -0.0822. The second kappa shape index (κ2) is 4.94. The Morgan fingerprint density at radius 2 is 2.20 bits per heavy atom. The number of hydrogen-bond donors (Lipinski definition) is 2. The van der Waals surface area contributed by atoms with Gasteiger partial charge in [0.15, 0.2) is 6.29 Å². The van der Waals surface area contributed by atoms with E-state index in [2.05, 4.69) is 10.3 Å². The van der Waals surface area contributed by atoms with Gasteiger partial charge in [-0.2, -0.15) is 0 Å². The number of benzene rings is 1. The monoisotopic (exact) mass is 270 g/mol. The first-order valence-corrected chi connectivity index (χ1v) is 6.30. The molecule has 1 aromatic heterocycles. The number of carbonyl (C=O) groups excluding carboxylic acids is 2. The molecule has 5 nitrogen and oxygen atoms in total. The largest absolute Gasteiger partial charge is 0.380 e. The molecule has 0 radical (unpaired) electrons. The molecule has 0 saturated carbocycles. The molecule has 2 aromatic rings. The quantitative estimate of drug-likeness (QED) is 0.833. The number of aromatic nitrogens is 1. The SMILES string of the molecule is COCc1cc2c(c(-c3ccc(C=O)[nH]3)c1)C(=O)NC2. The number of aldehydes is 1. The summed E-state index contributed by atoms with van der Waals surface area (Å²) < 4.78 is 5.16. The highest BCUT2D eigenvalue weighted by Gasteiger charge is 2.24. The summed E-state index contributed by atoms with van der Waals surface area (Å²) in [6.45, 7) is 1.01. The molecule has 0 fully saturated rings. The molecule has 1 aromatic carbocycles. The molecule has 102 valence electrons. The van der Waals surface area contributed by atoms with Crippen LogP contribution in [0.3, 0.4) is 0 Å². The predicted molar refractivity (Wildman–Crippen MR) is 73.5 cm³/mol. The molecule has 0 atom stereocenters. The maximum Gasteiger partial charge on any atom is 0.252 e. The van der Waals surface area contributed by atoms with Gasteiger partial charge in [0, 0.05) is 24.9 Å². The Bertz CT molecular complexity index is 688. The van der Waals surface area contributed by atoms with Crippen molar-refractivity contribution in [3.8, 4) is 11.3 Å². The lowest BCUT2D eigenvalue weighted by Gasteiger charge is -2.09. The van der Waals surface area contributed by atoms with Crippen LogP contribution in [0.15, 0.2) is 24.3 Å². The van der Waals surface area contributed by atoms with Gasteiger partial charge < -0.3 is 15.0 Å². The van der Waals surface area contributed by atoms with E-state index in [1.807, 2.05) is 18.2 Å². The first kappa shape index (κ1) is 12.6. The van der Waals surface area contributed by atoms with Gasteiger partial charge in [0.1, 0.15) is 0 Å². The van der Waals surface area contributed by atoms with Gasteiger partial charge in [0.05, 0.1) is 17.9 Å². The van der Waals surface area contributed by atoms with E-state index in [9.17, 15) is 9.59 Å². The van der Waals surface area contributed by atoms with Gasteiger partial charge in [-0.25, -0.2) is 0 Å². The Labute approximate surface area is 116 Å². The van der Waals surface area contributed by atoms with Crippen molar-refractivity contribution in [2.75, 3.05) is 7.11 Å². The average Bonchev–Trinajstić information content (AvgIpc) is 3.06. The number of methoxy groups -OCH3 is 1. The van der Waals surface area contributed by atoms with Crippen molar-refractivity contribution < 1.29 is 14.3 Å². The minimum Gasteiger partial charge on any atom is -0.380 e. The van der Waals surface area contributed by atoms with Crippen LogP contribution >= 0.6 is 0 Å². The fraction of sp³-hybridized carbons (Fsp3) is 0.200. The standard InChI is InChI=1S/C15H14N2O3/c1-20-8-9-4-10-6-16-15(19)14(10)12(5-9)13-3-2-11(7-18)17-13/h2-5,7,17H,6,8H2,1H3,(H,16,19). The number of nitrogens with one attached hydrogen (secondary N) is 2. The van der Waals surface area contributed by atoms with Gasteiger partial charge in [0.25, 0.3) is 5.91 Å². The number of ether oxygens (including phenoxy) is 1.